The van der Waals surface area contributed by atoms with Crippen molar-refractivity contribution in [1.29, 1.82) is 0 Å². The molecule has 1 fully saturated rings. The summed E-state index contributed by atoms with van der Waals surface area (Å²) in [4.78, 5) is 42.7. The van der Waals surface area contributed by atoms with Crippen molar-refractivity contribution in [2.24, 2.45) is 11.8 Å². The van der Waals surface area contributed by atoms with Crippen LogP contribution in [0.1, 0.15) is 77.1 Å². The summed E-state index contributed by atoms with van der Waals surface area (Å²) in [7, 11) is 0. The van der Waals surface area contributed by atoms with Crippen LogP contribution in [-0.4, -0.2) is 40.5 Å². The first kappa shape index (κ1) is 29.2. The van der Waals surface area contributed by atoms with Gasteiger partial charge in [-0.05, 0) is 57.1 Å². The number of hydrogen-bond acceptors (Lipinski definition) is 4. The van der Waals surface area contributed by atoms with Gasteiger partial charge in [-0.2, -0.15) is 0 Å². The van der Waals surface area contributed by atoms with Gasteiger partial charge < -0.3 is 20.3 Å². The molecule has 0 heterocycles. The lowest BCUT2D eigenvalue weighted by atomic mass is 9.95. The van der Waals surface area contributed by atoms with E-state index in [-0.39, 0.29) is 29.7 Å². The number of aryl methyl sites for hydroxylation is 1. The predicted molar refractivity (Wildman–Crippen MR) is 149 cm³/mol. The topological polar surface area (TPSA) is 87.7 Å². The molecular formula is C31H43N3O4. The van der Waals surface area contributed by atoms with Crippen LogP contribution in [0, 0.1) is 18.8 Å². The fourth-order valence-corrected chi connectivity index (χ4v) is 4.61. The fourth-order valence-electron chi connectivity index (χ4n) is 4.61. The summed E-state index contributed by atoms with van der Waals surface area (Å²) >= 11 is 0. The Hall–Kier alpha value is -3.35. The van der Waals surface area contributed by atoms with Crippen molar-refractivity contribution < 1.29 is 19.1 Å². The Bertz CT molecular complexity index is 1110. The lowest BCUT2D eigenvalue weighted by Crippen LogP contribution is -2.56. The Kier molecular flexibility index (Phi) is 9.58. The molecule has 0 aromatic heterocycles. The Labute approximate surface area is 227 Å². The van der Waals surface area contributed by atoms with E-state index in [2.05, 4.69) is 17.6 Å². The van der Waals surface area contributed by atoms with Gasteiger partial charge in [-0.15, -0.1) is 0 Å². The van der Waals surface area contributed by atoms with Crippen LogP contribution in [0.25, 0.3) is 0 Å². The van der Waals surface area contributed by atoms with E-state index in [4.69, 9.17) is 4.74 Å². The van der Waals surface area contributed by atoms with E-state index in [1.807, 2.05) is 75.4 Å². The lowest BCUT2D eigenvalue weighted by Gasteiger charge is -2.36. The molecular weight excluding hydrogens is 478 g/mol. The van der Waals surface area contributed by atoms with Gasteiger partial charge in [0.2, 0.25) is 11.8 Å². The number of ether oxygens (including phenoxy) is 1. The molecule has 5 atom stereocenters. The molecule has 2 aromatic rings. The van der Waals surface area contributed by atoms with Crippen molar-refractivity contribution in [3.05, 3.63) is 71.3 Å². The van der Waals surface area contributed by atoms with Crippen molar-refractivity contribution >= 4 is 17.9 Å². The number of alkyl carbamates (subject to hydrolysis) is 1. The third-order valence-electron chi connectivity index (χ3n) is 7.02. The van der Waals surface area contributed by atoms with Crippen LogP contribution in [-0.2, 0) is 20.9 Å². The SMILES string of the molecule is CCC(C)C(NC(=O)OC(C)(C)C)C(=O)N(C(C(=O)NCc1ccccc1)c1cccc(C)c1)C1CC1C. The minimum atomic E-state index is -0.826. The standard InChI is InChI=1S/C31H43N3O4/c1-8-21(3)26(33-30(37)38-31(5,6)7)29(36)34(25-18-22(25)4)27(24-16-12-13-20(2)17-24)28(35)32-19-23-14-10-9-11-15-23/h9-17,21-22,25-27H,8,18-19H2,1-7H3,(H,32,35)(H,33,37). The van der Waals surface area contributed by atoms with E-state index in [0.29, 0.717) is 13.0 Å². The first-order valence-electron chi connectivity index (χ1n) is 13.6. The maximum Gasteiger partial charge on any atom is 0.408 e. The maximum atomic E-state index is 14.3. The maximum absolute atomic E-state index is 14.3. The molecule has 0 spiro atoms. The summed E-state index contributed by atoms with van der Waals surface area (Å²) in [5.74, 6) is -0.405. The number of benzene rings is 2. The molecule has 0 saturated heterocycles. The highest BCUT2D eigenvalue weighted by Crippen LogP contribution is 2.41. The third-order valence-corrected chi connectivity index (χ3v) is 7.02. The molecule has 7 nitrogen and oxygen atoms in total. The van der Waals surface area contributed by atoms with Crippen LogP contribution in [0.4, 0.5) is 4.79 Å². The molecule has 0 bridgehead atoms. The summed E-state index contributed by atoms with van der Waals surface area (Å²) in [6.45, 7) is 13.7. The summed E-state index contributed by atoms with van der Waals surface area (Å²) in [5.41, 5.74) is 2.04. The molecule has 5 unspecified atom stereocenters. The molecule has 206 valence electrons. The molecule has 2 aromatic carbocycles. The quantitative estimate of drug-likeness (QED) is 0.430. The van der Waals surface area contributed by atoms with E-state index in [1.54, 1.807) is 25.7 Å². The van der Waals surface area contributed by atoms with Gasteiger partial charge in [0.25, 0.3) is 0 Å². The number of amides is 3. The smallest absolute Gasteiger partial charge is 0.408 e. The Morgan fingerprint density at radius 1 is 1.08 bits per heavy atom. The second-order valence-corrected chi connectivity index (χ2v) is 11.6. The highest BCUT2D eigenvalue weighted by atomic mass is 16.6. The molecule has 3 rings (SSSR count). The normalized spacial score (nSPS) is 19.0. The van der Waals surface area contributed by atoms with Gasteiger partial charge in [0, 0.05) is 12.6 Å². The zero-order valence-corrected chi connectivity index (χ0v) is 23.8. The number of nitrogens with one attached hydrogen (secondary N) is 2. The number of rotatable bonds is 10. The molecule has 1 aliphatic rings. The van der Waals surface area contributed by atoms with Crippen molar-refractivity contribution in [3.8, 4) is 0 Å². The van der Waals surface area contributed by atoms with Crippen LogP contribution < -0.4 is 10.6 Å². The van der Waals surface area contributed by atoms with Crippen LogP contribution in [0.2, 0.25) is 0 Å². The van der Waals surface area contributed by atoms with Crippen molar-refractivity contribution in [2.45, 2.75) is 91.6 Å². The molecule has 0 radical (unpaired) electrons. The van der Waals surface area contributed by atoms with Crippen molar-refractivity contribution in [1.82, 2.24) is 15.5 Å². The Morgan fingerprint density at radius 2 is 1.74 bits per heavy atom. The van der Waals surface area contributed by atoms with E-state index in [0.717, 1.165) is 23.1 Å². The number of carbonyl (C=O) groups is 3. The van der Waals surface area contributed by atoms with Crippen LogP contribution >= 0.6 is 0 Å². The molecule has 7 heteroatoms. The average Bonchev–Trinajstić information content (AvgIpc) is 3.58. The summed E-state index contributed by atoms with van der Waals surface area (Å²) in [5, 5.41) is 5.89. The average molecular weight is 522 g/mol. The van der Waals surface area contributed by atoms with Crippen molar-refractivity contribution in [3.63, 3.8) is 0 Å². The first-order valence-corrected chi connectivity index (χ1v) is 13.6. The van der Waals surface area contributed by atoms with Gasteiger partial charge in [0.1, 0.15) is 17.7 Å². The molecule has 3 amide bonds. The summed E-state index contributed by atoms with van der Waals surface area (Å²) in [6.07, 6.45) is 0.843. The first-order chi connectivity index (χ1) is 17.9. The van der Waals surface area contributed by atoms with E-state index >= 15 is 0 Å². The minimum Gasteiger partial charge on any atom is -0.444 e. The fraction of sp³-hybridized carbons (Fsp3) is 0.516. The van der Waals surface area contributed by atoms with E-state index < -0.39 is 23.8 Å². The lowest BCUT2D eigenvalue weighted by molar-refractivity contribution is -0.144. The van der Waals surface area contributed by atoms with E-state index in [9.17, 15) is 14.4 Å². The van der Waals surface area contributed by atoms with Crippen molar-refractivity contribution in [2.75, 3.05) is 0 Å². The number of hydrogen-bond donors (Lipinski definition) is 2. The second-order valence-electron chi connectivity index (χ2n) is 11.6. The molecule has 1 aliphatic carbocycles. The number of carbonyl (C=O) groups excluding carboxylic acids is 3. The van der Waals surface area contributed by atoms with Crippen LogP contribution in [0.15, 0.2) is 54.6 Å². The molecule has 1 saturated carbocycles. The third kappa shape index (κ3) is 7.83. The van der Waals surface area contributed by atoms with Crippen LogP contribution in [0.5, 0.6) is 0 Å². The van der Waals surface area contributed by atoms with Gasteiger partial charge in [0.05, 0.1) is 0 Å². The van der Waals surface area contributed by atoms with Gasteiger partial charge in [-0.1, -0.05) is 87.4 Å². The highest BCUT2D eigenvalue weighted by molar-refractivity contribution is 5.92. The van der Waals surface area contributed by atoms with Crippen LogP contribution in [0.3, 0.4) is 0 Å². The van der Waals surface area contributed by atoms with Gasteiger partial charge in [-0.25, -0.2) is 4.79 Å². The Balaban J connectivity index is 1.98. The van der Waals surface area contributed by atoms with Gasteiger partial charge >= 0.3 is 6.09 Å². The monoisotopic (exact) mass is 521 g/mol. The summed E-state index contributed by atoms with van der Waals surface area (Å²) in [6, 6.07) is 15.7. The molecule has 0 aliphatic heterocycles. The second kappa shape index (κ2) is 12.5. The Morgan fingerprint density at radius 3 is 2.29 bits per heavy atom. The highest BCUT2D eigenvalue weighted by Gasteiger charge is 2.48. The predicted octanol–water partition coefficient (Wildman–Crippen LogP) is 5.53. The van der Waals surface area contributed by atoms with Gasteiger partial charge in [-0.3, -0.25) is 9.59 Å². The van der Waals surface area contributed by atoms with E-state index in [1.165, 1.54) is 0 Å². The minimum absolute atomic E-state index is 0.0949. The summed E-state index contributed by atoms with van der Waals surface area (Å²) < 4.78 is 5.49. The largest absolute Gasteiger partial charge is 0.444 e. The zero-order chi connectivity index (χ0) is 28.0. The molecule has 2 N–H and O–H groups in total. The van der Waals surface area contributed by atoms with Gasteiger partial charge in [0.15, 0.2) is 0 Å². The zero-order valence-electron chi connectivity index (χ0n) is 23.8. The number of nitrogens with zero attached hydrogens (tertiary/aromatic N) is 1. The molecule has 38 heavy (non-hydrogen) atoms.